The minimum Gasteiger partial charge on any atom is -0.318 e. The Hall–Kier alpha value is -0.260. The van der Waals surface area contributed by atoms with E-state index in [1.165, 1.54) is 19.4 Å². The number of ether oxygens (including phenoxy) is 1. The Morgan fingerprint density at radius 3 is 2.26 bits per heavy atom. The largest absolute Gasteiger partial charge is 0.345 e. The zero-order valence-electron chi connectivity index (χ0n) is 15.4. The Morgan fingerprint density at radius 2 is 1.74 bits per heavy atom. The monoisotopic (exact) mass is 332 g/mol. The molecule has 2 rings (SSSR count). The van der Waals surface area contributed by atoms with Gasteiger partial charge in [0, 0.05) is 32.2 Å². The molecule has 2 aliphatic heterocycles. The van der Waals surface area contributed by atoms with Gasteiger partial charge in [-0.25, -0.2) is 0 Å². The first kappa shape index (κ1) is 19.1. The predicted molar refractivity (Wildman–Crippen MR) is 89.8 cm³/mol. The van der Waals surface area contributed by atoms with Gasteiger partial charge in [0.2, 0.25) is 0 Å². The van der Waals surface area contributed by atoms with Gasteiger partial charge in [0.25, 0.3) is 0 Å². The van der Waals surface area contributed by atoms with Gasteiger partial charge < -0.3 is 9.64 Å². The van der Waals surface area contributed by atoms with Crippen LogP contribution in [0.4, 0.5) is 8.78 Å². The minimum atomic E-state index is -2.64. The highest BCUT2D eigenvalue weighted by atomic mass is 19.3. The van der Waals surface area contributed by atoms with Crippen LogP contribution < -0.4 is 0 Å². The maximum absolute atomic E-state index is 12.3. The summed E-state index contributed by atoms with van der Waals surface area (Å²) in [5.74, 6) is 0. The van der Waals surface area contributed by atoms with Crippen molar-refractivity contribution in [3.63, 3.8) is 0 Å². The van der Waals surface area contributed by atoms with Crippen molar-refractivity contribution in [3.05, 3.63) is 0 Å². The molecule has 2 aliphatic rings. The van der Waals surface area contributed by atoms with E-state index in [0.717, 1.165) is 26.1 Å². The average Bonchev–Trinajstić information content (AvgIpc) is 2.77. The molecular formula is C18H34F2N2O. The van der Waals surface area contributed by atoms with E-state index in [2.05, 4.69) is 49.2 Å². The summed E-state index contributed by atoms with van der Waals surface area (Å²) < 4.78 is 29.3. The standard InChI is InChI=1S/C18H34F2N2O/c1-17(2,3)12-22-9-6-14(22)10-18(4,5)13-21-8-7-15(11-21)23-16(19)20/h14-16H,6-13H2,1-5H3. The van der Waals surface area contributed by atoms with Crippen LogP contribution in [0.5, 0.6) is 0 Å². The molecule has 5 heteroatoms. The lowest BCUT2D eigenvalue weighted by Gasteiger charge is -2.47. The highest BCUT2D eigenvalue weighted by molar-refractivity contribution is 4.91. The highest BCUT2D eigenvalue weighted by Gasteiger charge is 2.37. The summed E-state index contributed by atoms with van der Waals surface area (Å²) >= 11 is 0. The number of halogens is 2. The molecule has 0 amide bonds. The fourth-order valence-electron chi connectivity index (χ4n) is 4.05. The molecule has 23 heavy (non-hydrogen) atoms. The minimum absolute atomic E-state index is 0.209. The van der Waals surface area contributed by atoms with Gasteiger partial charge in [-0.3, -0.25) is 4.90 Å². The molecular weight excluding hydrogens is 298 g/mol. The number of likely N-dealkylation sites (tertiary alicyclic amines) is 2. The molecule has 0 saturated carbocycles. The third-order valence-electron chi connectivity index (χ3n) is 4.91. The zero-order valence-corrected chi connectivity index (χ0v) is 15.4. The van der Waals surface area contributed by atoms with E-state index in [9.17, 15) is 8.78 Å². The quantitative estimate of drug-likeness (QED) is 0.704. The first-order valence-corrected chi connectivity index (χ1v) is 8.94. The fraction of sp³-hybridized carbons (Fsp3) is 1.00. The van der Waals surface area contributed by atoms with E-state index >= 15 is 0 Å². The molecule has 0 N–H and O–H groups in total. The molecule has 0 spiro atoms. The van der Waals surface area contributed by atoms with Crippen LogP contribution in [0.2, 0.25) is 0 Å². The van der Waals surface area contributed by atoms with Crippen LogP contribution in [0, 0.1) is 10.8 Å². The van der Waals surface area contributed by atoms with Crippen LogP contribution in [0.15, 0.2) is 0 Å². The van der Waals surface area contributed by atoms with E-state index in [1.54, 1.807) is 0 Å². The van der Waals surface area contributed by atoms with Crippen molar-refractivity contribution in [1.82, 2.24) is 9.80 Å². The summed E-state index contributed by atoms with van der Waals surface area (Å²) in [4.78, 5) is 4.90. The average molecular weight is 332 g/mol. The molecule has 2 saturated heterocycles. The van der Waals surface area contributed by atoms with Gasteiger partial charge in [-0.2, -0.15) is 8.78 Å². The van der Waals surface area contributed by atoms with Crippen LogP contribution >= 0.6 is 0 Å². The summed E-state index contributed by atoms with van der Waals surface area (Å²) in [6, 6.07) is 0.680. The van der Waals surface area contributed by atoms with Gasteiger partial charge in [0.15, 0.2) is 0 Å². The smallest absolute Gasteiger partial charge is 0.318 e. The van der Waals surface area contributed by atoms with E-state index in [-0.39, 0.29) is 11.5 Å². The molecule has 0 radical (unpaired) electrons. The van der Waals surface area contributed by atoms with Gasteiger partial charge >= 0.3 is 6.61 Å². The predicted octanol–water partition coefficient (Wildman–Crippen LogP) is 3.84. The second-order valence-corrected chi connectivity index (χ2v) is 9.38. The van der Waals surface area contributed by atoms with Crippen molar-refractivity contribution in [3.8, 4) is 0 Å². The van der Waals surface area contributed by atoms with Crippen molar-refractivity contribution in [2.45, 2.75) is 72.6 Å². The van der Waals surface area contributed by atoms with Crippen molar-refractivity contribution in [2.75, 3.05) is 32.7 Å². The third-order valence-corrected chi connectivity index (χ3v) is 4.91. The number of hydrogen-bond donors (Lipinski definition) is 0. The van der Waals surface area contributed by atoms with Crippen LogP contribution in [-0.2, 0) is 4.74 Å². The zero-order chi connectivity index (χ0) is 17.3. The maximum atomic E-state index is 12.3. The van der Waals surface area contributed by atoms with Crippen molar-refractivity contribution >= 4 is 0 Å². The van der Waals surface area contributed by atoms with Gasteiger partial charge in [-0.15, -0.1) is 0 Å². The maximum Gasteiger partial charge on any atom is 0.345 e. The number of nitrogens with zero attached hydrogens (tertiary/aromatic N) is 2. The molecule has 136 valence electrons. The highest BCUT2D eigenvalue weighted by Crippen LogP contribution is 2.34. The molecule has 2 heterocycles. The molecule has 0 bridgehead atoms. The molecule has 0 aromatic heterocycles. The lowest BCUT2D eigenvalue weighted by molar-refractivity contribution is -0.158. The van der Waals surface area contributed by atoms with Crippen molar-refractivity contribution in [1.29, 1.82) is 0 Å². The SMILES string of the molecule is CC(C)(C)CN1CCC1CC(C)(C)CN1CCC(OC(F)F)C1. The number of hydrogen-bond acceptors (Lipinski definition) is 3. The molecule has 3 nitrogen and oxygen atoms in total. The molecule has 2 unspecified atom stereocenters. The van der Waals surface area contributed by atoms with Crippen LogP contribution in [0.25, 0.3) is 0 Å². The third kappa shape index (κ3) is 6.28. The first-order chi connectivity index (χ1) is 10.5. The first-order valence-electron chi connectivity index (χ1n) is 8.94. The fourth-order valence-corrected chi connectivity index (χ4v) is 4.05. The van der Waals surface area contributed by atoms with E-state index in [0.29, 0.717) is 18.0 Å². The Kier molecular flexibility index (Phi) is 6.07. The lowest BCUT2D eigenvalue weighted by atomic mass is 9.80. The summed E-state index contributed by atoms with van der Waals surface area (Å²) in [6.07, 6.45) is 2.89. The Balaban J connectivity index is 1.76. The Morgan fingerprint density at radius 1 is 1.04 bits per heavy atom. The Bertz CT molecular complexity index is 382. The number of rotatable bonds is 7. The van der Waals surface area contributed by atoms with E-state index < -0.39 is 6.61 Å². The summed E-state index contributed by atoms with van der Waals surface area (Å²) in [5.41, 5.74) is 0.554. The van der Waals surface area contributed by atoms with Crippen LogP contribution in [-0.4, -0.2) is 61.3 Å². The molecule has 0 aliphatic carbocycles. The topological polar surface area (TPSA) is 15.7 Å². The van der Waals surface area contributed by atoms with Gasteiger partial charge in [-0.1, -0.05) is 34.6 Å². The summed E-state index contributed by atoms with van der Waals surface area (Å²) in [6.45, 7) is 13.7. The summed E-state index contributed by atoms with van der Waals surface area (Å²) in [7, 11) is 0. The second-order valence-electron chi connectivity index (χ2n) is 9.38. The van der Waals surface area contributed by atoms with E-state index in [1.807, 2.05) is 0 Å². The van der Waals surface area contributed by atoms with E-state index in [4.69, 9.17) is 0 Å². The van der Waals surface area contributed by atoms with Gasteiger partial charge in [0.05, 0.1) is 6.10 Å². The second kappa shape index (κ2) is 7.32. The normalized spacial score (nSPS) is 27.7. The molecule has 0 aromatic rings. The lowest BCUT2D eigenvalue weighted by Crippen LogP contribution is -2.53. The van der Waals surface area contributed by atoms with Crippen molar-refractivity contribution < 1.29 is 13.5 Å². The van der Waals surface area contributed by atoms with Crippen LogP contribution in [0.3, 0.4) is 0 Å². The summed E-state index contributed by atoms with van der Waals surface area (Å²) in [5, 5.41) is 0. The molecule has 0 aromatic carbocycles. The van der Waals surface area contributed by atoms with Crippen LogP contribution in [0.1, 0.15) is 53.9 Å². The van der Waals surface area contributed by atoms with Gasteiger partial charge in [-0.05, 0) is 36.6 Å². The molecule has 2 fully saturated rings. The Labute approximate surface area is 140 Å². The molecule has 2 atom stereocenters. The van der Waals surface area contributed by atoms with Gasteiger partial charge in [0.1, 0.15) is 0 Å². The van der Waals surface area contributed by atoms with Crippen molar-refractivity contribution in [2.24, 2.45) is 10.8 Å². The number of alkyl halides is 2.